The first-order chi connectivity index (χ1) is 5.13. The van der Waals surface area contributed by atoms with Crippen LogP contribution in [0.3, 0.4) is 0 Å². The minimum absolute atomic E-state index is 0.656. The Labute approximate surface area is 66.0 Å². The van der Waals surface area contributed by atoms with Gasteiger partial charge in [0.05, 0.1) is 17.3 Å². The second-order valence-electron chi connectivity index (χ2n) is 1.75. The van der Waals surface area contributed by atoms with Crippen molar-refractivity contribution in [1.29, 1.82) is 0 Å². The van der Waals surface area contributed by atoms with Crippen LogP contribution in [0.2, 0.25) is 0 Å². The zero-order valence-electron chi connectivity index (χ0n) is 5.16. The largest absolute Gasteiger partial charge is 0.475 e. The van der Waals surface area contributed by atoms with E-state index in [1.807, 2.05) is 0 Å². The molecule has 0 aromatic rings. The first-order valence-electron chi connectivity index (χ1n) is 2.63. The summed E-state index contributed by atoms with van der Waals surface area (Å²) >= 11 is 5.20. The molecule has 1 heterocycles. The molecule has 0 bridgehead atoms. The molecule has 1 aliphatic rings. The number of ether oxygens (including phenoxy) is 1. The van der Waals surface area contributed by atoms with Crippen LogP contribution in [-0.2, 0) is 4.74 Å². The van der Waals surface area contributed by atoms with E-state index in [0.29, 0.717) is 0 Å². The molecule has 0 radical (unpaired) electrons. The monoisotopic (exact) mass is 179 g/mol. The summed E-state index contributed by atoms with van der Waals surface area (Å²) in [5.74, 6) is -1.07. The van der Waals surface area contributed by atoms with Gasteiger partial charge in [0.25, 0.3) is 0 Å². The molecule has 4 nitrogen and oxygen atoms in total. The van der Waals surface area contributed by atoms with Gasteiger partial charge in [-0.15, -0.1) is 0 Å². The topological polar surface area (TPSA) is 52.4 Å². The molecule has 0 unspecified atom stereocenters. The van der Waals surface area contributed by atoms with Crippen molar-refractivity contribution in [2.45, 2.75) is 5.56 Å². The van der Waals surface area contributed by atoms with Gasteiger partial charge in [-0.2, -0.15) is 4.39 Å². The summed E-state index contributed by atoms with van der Waals surface area (Å²) in [5.41, 5.74) is -2.03. The lowest BCUT2D eigenvalue weighted by Crippen LogP contribution is -2.12. The Balaban J connectivity index is 2.98. The van der Waals surface area contributed by atoms with Crippen LogP contribution in [0.4, 0.5) is 4.39 Å². The molecule has 1 aliphatic heterocycles. The Morgan fingerprint density at radius 1 is 1.82 bits per heavy atom. The van der Waals surface area contributed by atoms with Gasteiger partial charge in [-0.1, -0.05) is 11.6 Å². The fourth-order valence-corrected chi connectivity index (χ4v) is 0.748. The Hall–Kier alpha value is -1.10. The summed E-state index contributed by atoms with van der Waals surface area (Å²) in [5, 5.41) is 10.1. The second-order valence-corrected chi connectivity index (χ2v) is 2.14. The third-order valence-electron chi connectivity index (χ3n) is 1.06. The van der Waals surface area contributed by atoms with E-state index in [0.717, 1.165) is 12.3 Å². The number of nitrogens with zero attached hydrogens (tertiary/aromatic N) is 1. The zero-order chi connectivity index (χ0) is 8.43. The highest BCUT2D eigenvalue weighted by atomic mass is 35.5. The van der Waals surface area contributed by atoms with Gasteiger partial charge < -0.3 is 4.74 Å². The number of nitro groups is 1. The van der Waals surface area contributed by atoms with E-state index >= 15 is 0 Å². The minimum Gasteiger partial charge on any atom is -0.475 e. The van der Waals surface area contributed by atoms with Crippen LogP contribution in [0, 0.1) is 10.1 Å². The molecular weight excluding hydrogens is 177 g/mol. The highest BCUT2D eigenvalue weighted by Crippen LogP contribution is 2.22. The van der Waals surface area contributed by atoms with E-state index in [1.54, 1.807) is 0 Å². The summed E-state index contributed by atoms with van der Waals surface area (Å²) in [6.45, 7) is 0. The molecule has 1 rings (SSSR count). The van der Waals surface area contributed by atoms with Gasteiger partial charge in [0.1, 0.15) is 0 Å². The molecule has 6 heteroatoms. The quantitative estimate of drug-likeness (QED) is 0.349. The molecule has 0 saturated heterocycles. The van der Waals surface area contributed by atoms with Gasteiger partial charge in [0, 0.05) is 0 Å². The number of alkyl halides is 1. The molecular formula is C5H3ClFNO3. The van der Waals surface area contributed by atoms with E-state index in [1.165, 1.54) is 0 Å². The zero-order valence-corrected chi connectivity index (χ0v) is 5.92. The van der Waals surface area contributed by atoms with Crippen molar-refractivity contribution in [3.05, 3.63) is 34.0 Å². The summed E-state index contributed by atoms with van der Waals surface area (Å²) in [4.78, 5) is 9.20. The van der Waals surface area contributed by atoms with Crippen molar-refractivity contribution in [2.24, 2.45) is 0 Å². The van der Waals surface area contributed by atoms with Gasteiger partial charge in [-0.05, 0) is 0 Å². The number of hydrogen-bond donors (Lipinski definition) is 0. The van der Waals surface area contributed by atoms with Crippen LogP contribution >= 0.6 is 11.6 Å². The Morgan fingerprint density at radius 3 is 2.91 bits per heavy atom. The van der Waals surface area contributed by atoms with E-state index < -0.39 is 22.0 Å². The average Bonchev–Trinajstić information content (AvgIpc) is 1.94. The fourth-order valence-electron chi connectivity index (χ4n) is 0.576. The van der Waals surface area contributed by atoms with Crippen molar-refractivity contribution in [3.8, 4) is 0 Å². The summed E-state index contributed by atoms with van der Waals surface area (Å²) in [7, 11) is 0. The van der Waals surface area contributed by atoms with Gasteiger partial charge in [-0.25, -0.2) is 0 Å². The van der Waals surface area contributed by atoms with Crippen molar-refractivity contribution in [3.63, 3.8) is 0 Å². The lowest BCUT2D eigenvalue weighted by molar-refractivity contribution is -0.422. The first-order valence-corrected chi connectivity index (χ1v) is 3.06. The predicted molar refractivity (Wildman–Crippen MR) is 35.0 cm³/mol. The molecule has 0 fully saturated rings. The molecule has 0 N–H and O–H groups in total. The Kier molecular flexibility index (Phi) is 2.09. The number of hydrogen-bond acceptors (Lipinski definition) is 3. The normalized spacial score (nSPS) is 23.3. The summed E-state index contributed by atoms with van der Waals surface area (Å²) in [6, 6.07) is 0. The van der Waals surface area contributed by atoms with Crippen LogP contribution in [0.25, 0.3) is 0 Å². The SMILES string of the molecule is O=[N+]([O-])C1=C(F)[C@H](Cl)OC=C1. The van der Waals surface area contributed by atoms with Crippen molar-refractivity contribution >= 4 is 11.6 Å². The Bertz CT molecular complexity index is 250. The smallest absolute Gasteiger partial charge is 0.308 e. The third-order valence-corrected chi connectivity index (χ3v) is 1.36. The van der Waals surface area contributed by atoms with Gasteiger partial charge >= 0.3 is 5.70 Å². The Morgan fingerprint density at radius 2 is 2.45 bits per heavy atom. The van der Waals surface area contributed by atoms with Crippen molar-refractivity contribution in [2.75, 3.05) is 0 Å². The van der Waals surface area contributed by atoms with E-state index in [9.17, 15) is 14.5 Å². The predicted octanol–water partition coefficient (Wildman–Crippen LogP) is 1.55. The van der Waals surface area contributed by atoms with Gasteiger partial charge in [-0.3, -0.25) is 10.1 Å². The molecule has 60 valence electrons. The molecule has 1 atom stereocenters. The average molecular weight is 180 g/mol. The van der Waals surface area contributed by atoms with Crippen LogP contribution in [0.15, 0.2) is 23.9 Å². The lowest BCUT2D eigenvalue weighted by atomic mass is 10.3. The fraction of sp³-hybridized carbons (Fsp3) is 0.200. The van der Waals surface area contributed by atoms with E-state index in [4.69, 9.17) is 11.6 Å². The summed E-state index contributed by atoms with van der Waals surface area (Å²) in [6.07, 6.45) is 1.90. The molecule has 11 heavy (non-hydrogen) atoms. The number of rotatable bonds is 1. The first kappa shape index (κ1) is 8.00. The highest BCUT2D eigenvalue weighted by Gasteiger charge is 2.26. The van der Waals surface area contributed by atoms with Gasteiger partial charge in [0.15, 0.2) is 0 Å². The number of allylic oxidation sites excluding steroid dienone is 1. The molecule has 0 amide bonds. The second kappa shape index (κ2) is 2.87. The maximum atomic E-state index is 12.6. The minimum atomic E-state index is -1.37. The van der Waals surface area contributed by atoms with Crippen LogP contribution in [0.5, 0.6) is 0 Å². The van der Waals surface area contributed by atoms with Crippen LogP contribution < -0.4 is 0 Å². The molecule has 0 saturated carbocycles. The molecule has 0 aromatic carbocycles. The maximum Gasteiger partial charge on any atom is 0.308 e. The molecule has 0 aliphatic carbocycles. The highest BCUT2D eigenvalue weighted by molar-refractivity contribution is 6.21. The molecule has 0 spiro atoms. The molecule has 0 aromatic heterocycles. The van der Waals surface area contributed by atoms with E-state index in [-0.39, 0.29) is 0 Å². The van der Waals surface area contributed by atoms with Crippen LogP contribution in [0.1, 0.15) is 0 Å². The standard InChI is InChI=1S/C5H3ClFNO3/c6-5-4(7)3(8(9)10)1-2-11-5/h1-2,5H/t5-/m1/s1. The third kappa shape index (κ3) is 1.48. The summed E-state index contributed by atoms with van der Waals surface area (Å²) < 4.78 is 17.0. The van der Waals surface area contributed by atoms with Gasteiger partial charge in [0.2, 0.25) is 11.4 Å². The maximum absolute atomic E-state index is 12.6. The van der Waals surface area contributed by atoms with E-state index in [2.05, 4.69) is 4.74 Å². The van der Waals surface area contributed by atoms with Crippen molar-refractivity contribution in [1.82, 2.24) is 0 Å². The van der Waals surface area contributed by atoms with Crippen molar-refractivity contribution < 1.29 is 14.1 Å². The number of halogens is 2. The lowest BCUT2D eigenvalue weighted by Gasteiger charge is -2.09. The van der Waals surface area contributed by atoms with Crippen LogP contribution in [-0.4, -0.2) is 10.5 Å².